The summed E-state index contributed by atoms with van der Waals surface area (Å²) in [6.07, 6.45) is 3.69. The molecule has 1 saturated carbocycles. The number of hydrogen-bond donors (Lipinski definition) is 4. The van der Waals surface area contributed by atoms with Crippen molar-refractivity contribution in [1.82, 2.24) is 21.5 Å². The van der Waals surface area contributed by atoms with Gasteiger partial charge < -0.3 is 20.1 Å². The summed E-state index contributed by atoms with van der Waals surface area (Å²) in [5, 5.41) is 7.59. The van der Waals surface area contributed by atoms with E-state index in [0.29, 0.717) is 28.7 Å². The zero-order valence-corrected chi connectivity index (χ0v) is 16.8. The van der Waals surface area contributed by atoms with Gasteiger partial charge in [0.2, 0.25) is 6.79 Å². The average molecular weight is 395 g/mol. The van der Waals surface area contributed by atoms with Crippen LogP contribution in [-0.2, 0) is 6.54 Å². The molecule has 0 spiro atoms. The molecule has 8 heteroatoms. The number of hydrazine groups is 1. The van der Waals surface area contributed by atoms with Crippen molar-refractivity contribution in [2.75, 3.05) is 6.79 Å². The minimum absolute atomic E-state index is 0.277. The van der Waals surface area contributed by atoms with Crippen LogP contribution >= 0.6 is 24.4 Å². The van der Waals surface area contributed by atoms with Gasteiger partial charge in [-0.05, 0) is 60.4 Å². The third kappa shape index (κ3) is 4.88. The van der Waals surface area contributed by atoms with Crippen LogP contribution in [0.15, 0.2) is 18.2 Å². The van der Waals surface area contributed by atoms with Gasteiger partial charge in [-0.3, -0.25) is 10.9 Å². The van der Waals surface area contributed by atoms with Gasteiger partial charge in [0.25, 0.3) is 0 Å². The molecule has 0 aromatic heterocycles. The Morgan fingerprint density at radius 3 is 2.69 bits per heavy atom. The van der Waals surface area contributed by atoms with Gasteiger partial charge in [0, 0.05) is 12.6 Å². The lowest BCUT2D eigenvalue weighted by molar-refractivity contribution is 0.174. The van der Waals surface area contributed by atoms with E-state index in [4.69, 9.17) is 33.9 Å². The van der Waals surface area contributed by atoms with E-state index in [1.54, 1.807) is 0 Å². The van der Waals surface area contributed by atoms with Crippen LogP contribution in [0.3, 0.4) is 0 Å². The first-order valence-corrected chi connectivity index (χ1v) is 9.83. The monoisotopic (exact) mass is 394 g/mol. The topological polar surface area (TPSA) is 66.6 Å². The summed E-state index contributed by atoms with van der Waals surface area (Å²) in [4.78, 5) is 0. The second-order valence-corrected chi connectivity index (χ2v) is 7.78. The van der Waals surface area contributed by atoms with E-state index in [9.17, 15) is 0 Å². The van der Waals surface area contributed by atoms with Crippen molar-refractivity contribution in [3.05, 3.63) is 23.8 Å². The first kappa shape index (κ1) is 19.0. The fourth-order valence-corrected chi connectivity index (χ4v) is 3.71. The molecule has 2 aliphatic rings. The van der Waals surface area contributed by atoms with Gasteiger partial charge >= 0.3 is 0 Å². The molecule has 0 unspecified atom stereocenters. The molecule has 0 radical (unpaired) electrons. The lowest BCUT2D eigenvalue weighted by Crippen LogP contribution is -2.54. The molecule has 1 aromatic carbocycles. The van der Waals surface area contributed by atoms with Gasteiger partial charge in [0.15, 0.2) is 21.7 Å². The fourth-order valence-electron chi connectivity index (χ4n) is 3.38. The van der Waals surface area contributed by atoms with E-state index in [1.807, 2.05) is 18.2 Å². The Hall–Kier alpha value is -1.80. The molecule has 1 heterocycles. The van der Waals surface area contributed by atoms with Crippen molar-refractivity contribution < 1.29 is 9.47 Å². The molecule has 0 saturated heterocycles. The highest BCUT2D eigenvalue weighted by Crippen LogP contribution is 2.32. The van der Waals surface area contributed by atoms with Crippen LogP contribution < -0.4 is 31.0 Å². The number of benzene rings is 1. The Kier molecular flexibility index (Phi) is 6.37. The van der Waals surface area contributed by atoms with Gasteiger partial charge in [-0.1, -0.05) is 32.8 Å². The van der Waals surface area contributed by atoms with Crippen molar-refractivity contribution in [3.63, 3.8) is 0 Å². The quantitative estimate of drug-likeness (QED) is 0.461. The summed E-state index contributed by atoms with van der Waals surface area (Å²) in [6.45, 7) is 5.46. The minimum Gasteiger partial charge on any atom is -0.454 e. The van der Waals surface area contributed by atoms with Crippen molar-refractivity contribution in [2.24, 2.45) is 11.8 Å². The third-order valence-corrected chi connectivity index (χ3v) is 5.67. The number of fused-ring (bicyclic) bond motifs is 1. The SMILES string of the molecule is C[C@@H]1[C@H](C)CCC[C@H]1NC(=S)NNC(=S)NCc1ccc2c(c1)OCO2. The molecule has 142 valence electrons. The normalized spacial score (nSPS) is 23.8. The van der Waals surface area contributed by atoms with Gasteiger partial charge in [0.05, 0.1) is 0 Å². The predicted octanol–water partition coefficient (Wildman–Crippen LogP) is 2.58. The Morgan fingerprint density at radius 1 is 1.08 bits per heavy atom. The van der Waals surface area contributed by atoms with Gasteiger partial charge in [0.1, 0.15) is 0 Å². The maximum absolute atomic E-state index is 5.38. The van der Waals surface area contributed by atoms with E-state index in [0.717, 1.165) is 29.4 Å². The van der Waals surface area contributed by atoms with E-state index in [1.165, 1.54) is 12.8 Å². The van der Waals surface area contributed by atoms with Gasteiger partial charge in [-0.25, -0.2) is 0 Å². The van der Waals surface area contributed by atoms with Crippen molar-refractivity contribution in [2.45, 2.75) is 45.7 Å². The molecular weight excluding hydrogens is 368 g/mol. The summed E-state index contributed by atoms with van der Waals surface area (Å²) in [6, 6.07) is 6.24. The summed E-state index contributed by atoms with van der Waals surface area (Å²) >= 11 is 10.7. The largest absolute Gasteiger partial charge is 0.454 e. The molecule has 3 rings (SSSR count). The van der Waals surface area contributed by atoms with Crippen LogP contribution in [0.4, 0.5) is 0 Å². The van der Waals surface area contributed by atoms with Crippen LogP contribution in [0.5, 0.6) is 11.5 Å². The summed E-state index contributed by atoms with van der Waals surface area (Å²) in [5.41, 5.74) is 6.96. The molecule has 26 heavy (non-hydrogen) atoms. The Bertz CT molecular complexity index is 671. The van der Waals surface area contributed by atoms with Crippen molar-refractivity contribution in [3.8, 4) is 11.5 Å². The number of rotatable bonds is 3. The van der Waals surface area contributed by atoms with Crippen LogP contribution in [0.25, 0.3) is 0 Å². The number of nitrogens with one attached hydrogen (secondary N) is 4. The second kappa shape index (κ2) is 8.73. The predicted molar refractivity (Wildman–Crippen MR) is 110 cm³/mol. The molecule has 1 aliphatic heterocycles. The molecule has 4 N–H and O–H groups in total. The fraction of sp³-hybridized carbons (Fsp3) is 0.556. The van der Waals surface area contributed by atoms with Crippen molar-refractivity contribution in [1.29, 1.82) is 0 Å². The van der Waals surface area contributed by atoms with E-state index in [2.05, 4.69) is 35.3 Å². The van der Waals surface area contributed by atoms with Crippen LogP contribution in [0.1, 0.15) is 38.7 Å². The number of hydrogen-bond acceptors (Lipinski definition) is 4. The molecule has 0 bridgehead atoms. The van der Waals surface area contributed by atoms with Crippen LogP contribution in [-0.4, -0.2) is 23.1 Å². The Morgan fingerprint density at radius 2 is 1.85 bits per heavy atom. The van der Waals surface area contributed by atoms with Crippen LogP contribution in [0.2, 0.25) is 0 Å². The lowest BCUT2D eigenvalue weighted by Gasteiger charge is -2.35. The minimum atomic E-state index is 0.277. The highest BCUT2D eigenvalue weighted by Gasteiger charge is 2.27. The highest BCUT2D eigenvalue weighted by molar-refractivity contribution is 7.80. The molecule has 0 amide bonds. The van der Waals surface area contributed by atoms with Crippen molar-refractivity contribution >= 4 is 34.7 Å². The molecule has 1 aromatic rings. The zero-order valence-electron chi connectivity index (χ0n) is 15.1. The first-order valence-electron chi connectivity index (χ1n) is 9.02. The summed E-state index contributed by atoms with van der Waals surface area (Å²) < 4.78 is 10.7. The van der Waals surface area contributed by atoms with E-state index in [-0.39, 0.29) is 6.79 Å². The lowest BCUT2D eigenvalue weighted by atomic mass is 9.78. The maximum atomic E-state index is 5.38. The maximum Gasteiger partial charge on any atom is 0.231 e. The Balaban J connectivity index is 1.37. The zero-order chi connectivity index (χ0) is 18.5. The first-order chi connectivity index (χ1) is 12.5. The van der Waals surface area contributed by atoms with E-state index < -0.39 is 0 Å². The number of thiocarbonyl (C=S) groups is 2. The summed E-state index contributed by atoms with van der Waals surface area (Å²) in [5.74, 6) is 2.88. The third-order valence-electron chi connectivity index (χ3n) is 5.20. The highest BCUT2D eigenvalue weighted by atomic mass is 32.1. The smallest absolute Gasteiger partial charge is 0.231 e. The van der Waals surface area contributed by atoms with Gasteiger partial charge in [-0.2, -0.15) is 0 Å². The molecule has 3 atom stereocenters. The van der Waals surface area contributed by atoms with Crippen LogP contribution in [0, 0.1) is 11.8 Å². The molecule has 1 aliphatic carbocycles. The second-order valence-electron chi connectivity index (χ2n) is 6.97. The molecular formula is C18H26N4O2S2. The Labute approximate surface area is 165 Å². The summed E-state index contributed by atoms with van der Waals surface area (Å²) in [7, 11) is 0. The number of ether oxygens (including phenoxy) is 2. The standard InChI is InChI=1S/C18H26N4O2S2/c1-11-4-3-5-14(12(11)2)20-18(26)22-21-17(25)19-9-13-6-7-15-16(8-13)24-10-23-15/h6-8,11-12,14H,3-5,9-10H2,1-2H3,(H2,19,21,25)(H2,20,22,26)/t11-,12-,14-/m1/s1. The van der Waals surface area contributed by atoms with E-state index >= 15 is 0 Å². The average Bonchev–Trinajstić information content (AvgIpc) is 3.10. The molecule has 6 nitrogen and oxygen atoms in total. The molecule has 1 fully saturated rings. The van der Waals surface area contributed by atoms with Gasteiger partial charge in [-0.15, -0.1) is 0 Å².